The van der Waals surface area contributed by atoms with Gasteiger partial charge < -0.3 is 4.98 Å². The number of nitrogens with one attached hydrogen (secondary N) is 2. The normalized spacial score (nSPS) is 14.5. The minimum absolute atomic E-state index is 0.129. The third kappa shape index (κ3) is 2.21. The maximum absolute atomic E-state index is 12.4. The average Bonchev–Trinajstić information content (AvgIpc) is 3.03. The number of thiazole rings is 1. The quantitative estimate of drug-likeness (QED) is 0.778. The van der Waals surface area contributed by atoms with Crippen molar-refractivity contribution in [3.05, 3.63) is 39.8 Å². The van der Waals surface area contributed by atoms with Crippen molar-refractivity contribution in [3.63, 3.8) is 0 Å². The van der Waals surface area contributed by atoms with E-state index in [4.69, 9.17) is 0 Å². The van der Waals surface area contributed by atoms with Gasteiger partial charge in [0.25, 0.3) is 5.91 Å². The Morgan fingerprint density at radius 1 is 1.43 bits per heavy atom. The number of hydrogen-bond acceptors (Lipinski definition) is 4. The molecule has 0 unspecified atom stereocenters. The molecule has 1 fully saturated rings. The maximum atomic E-state index is 12.4. The smallest absolute Gasteiger partial charge is 0.269 e. The average molecular weight is 298 g/mol. The number of benzene rings is 1. The predicted octanol–water partition coefficient (Wildman–Crippen LogP) is 3.46. The van der Waals surface area contributed by atoms with Gasteiger partial charge in [-0.05, 0) is 31.4 Å². The number of fused-ring (bicyclic) bond motifs is 1. The van der Waals surface area contributed by atoms with E-state index in [1.54, 1.807) is 5.51 Å². The number of hydrogen-bond donors (Lipinski definition) is 2. The van der Waals surface area contributed by atoms with Gasteiger partial charge in [0.1, 0.15) is 4.88 Å². The topological polar surface area (TPSA) is 70.7 Å². The van der Waals surface area contributed by atoms with Crippen LogP contribution < -0.4 is 5.32 Å². The first-order valence-corrected chi connectivity index (χ1v) is 7.80. The summed E-state index contributed by atoms with van der Waals surface area (Å²) in [4.78, 5) is 25.0. The van der Waals surface area contributed by atoms with Crippen LogP contribution in [0.4, 0.5) is 5.95 Å². The molecule has 1 aliphatic carbocycles. The number of aromatic amines is 1. The number of carbonyl (C=O) groups is 1. The lowest BCUT2D eigenvalue weighted by molar-refractivity contribution is 0.102. The zero-order valence-corrected chi connectivity index (χ0v) is 12.3. The molecule has 6 heteroatoms. The van der Waals surface area contributed by atoms with Crippen molar-refractivity contribution in [1.82, 2.24) is 15.0 Å². The van der Waals surface area contributed by atoms with Gasteiger partial charge in [-0.1, -0.05) is 12.1 Å². The Morgan fingerprint density at radius 2 is 2.29 bits per heavy atom. The molecule has 0 saturated heterocycles. The van der Waals surface area contributed by atoms with Crippen molar-refractivity contribution in [2.75, 3.05) is 5.32 Å². The molecule has 3 aromatic rings. The van der Waals surface area contributed by atoms with E-state index in [0.29, 0.717) is 16.7 Å². The second-order valence-electron chi connectivity index (χ2n) is 5.35. The Bertz CT molecular complexity index is 831. The summed E-state index contributed by atoms with van der Waals surface area (Å²) in [6, 6.07) is 5.92. The lowest BCUT2D eigenvalue weighted by atomic mass is 10.2. The molecule has 2 N–H and O–H groups in total. The van der Waals surface area contributed by atoms with Gasteiger partial charge in [0.05, 0.1) is 22.2 Å². The standard InChI is InChI=1S/C15H14N4OS/c1-8-3-2-4-10-11(8)18-15(17-10)19-14(20)13-12(9-5-6-9)16-7-21-13/h2-4,7,9H,5-6H2,1H3,(H2,17,18,19,20). The van der Waals surface area contributed by atoms with E-state index in [1.165, 1.54) is 11.3 Å². The number of imidazole rings is 1. The summed E-state index contributed by atoms with van der Waals surface area (Å²) in [5, 5.41) is 2.85. The molecule has 1 aliphatic rings. The van der Waals surface area contributed by atoms with Crippen molar-refractivity contribution in [1.29, 1.82) is 0 Å². The largest absolute Gasteiger partial charge is 0.324 e. The second kappa shape index (κ2) is 4.66. The van der Waals surface area contributed by atoms with E-state index < -0.39 is 0 Å². The number of H-pyrrole nitrogens is 1. The SMILES string of the molecule is Cc1cccc2[nH]c(NC(=O)c3scnc3C3CC3)nc12. The number of para-hydroxylation sites is 1. The van der Waals surface area contributed by atoms with Crippen LogP contribution in [0.1, 0.15) is 39.7 Å². The van der Waals surface area contributed by atoms with Crippen LogP contribution in [0.25, 0.3) is 11.0 Å². The van der Waals surface area contributed by atoms with Crippen LogP contribution >= 0.6 is 11.3 Å². The minimum Gasteiger partial charge on any atom is -0.324 e. The molecule has 2 heterocycles. The van der Waals surface area contributed by atoms with Crippen LogP contribution in [-0.4, -0.2) is 20.9 Å². The van der Waals surface area contributed by atoms with Crippen LogP contribution in [0.3, 0.4) is 0 Å². The molecule has 0 atom stereocenters. The predicted molar refractivity (Wildman–Crippen MR) is 82.9 cm³/mol. The lowest BCUT2D eigenvalue weighted by Gasteiger charge is -2.01. The van der Waals surface area contributed by atoms with Crippen molar-refractivity contribution < 1.29 is 4.79 Å². The number of amides is 1. The molecule has 0 spiro atoms. The molecule has 1 aromatic carbocycles. The fourth-order valence-corrected chi connectivity index (χ4v) is 3.24. The third-order valence-electron chi connectivity index (χ3n) is 3.71. The van der Waals surface area contributed by atoms with Crippen LogP contribution in [0.2, 0.25) is 0 Å². The van der Waals surface area contributed by atoms with Crippen molar-refractivity contribution in [3.8, 4) is 0 Å². The number of anilines is 1. The van der Waals surface area contributed by atoms with Crippen molar-refractivity contribution in [2.45, 2.75) is 25.7 Å². The lowest BCUT2D eigenvalue weighted by Crippen LogP contribution is -2.13. The summed E-state index contributed by atoms with van der Waals surface area (Å²) in [6.45, 7) is 2.00. The van der Waals surface area contributed by atoms with E-state index >= 15 is 0 Å². The van der Waals surface area contributed by atoms with E-state index in [1.807, 2.05) is 25.1 Å². The van der Waals surface area contributed by atoms with Crippen LogP contribution in [0, 0.1) is 6.92 Å². The van der Waals surface area contributed by atoms with Gasteiger partial charge in [-0.15, -0.1) is 11.3 Å². The van der Waals surface area contributed by atoms with Gasteiger partial charge >= 0.3 is 0 Å². The van der Waals surface area contributed by atoms with E-state index in [9.17, 15) is 4.79 Å². The highest BCUT2D eigenvalue weighted by Crippen LogP contribution is 2.41. The molecule has 21 heavy (non-hydrogen) atoms. The van der Waals surface area contributed by atoms with Crippen LogP contribution in [-0.2, 0) is 0 Å². The molecule has 0 radical (unpaired) electrons. The first kappa shape index (κ1) is 12.5. The Labute approximate surface area is 125 Å². The number of aromatic nitrogens is 3. The molecule has 0 aliphatic heterocycles. The Kier molecular flexibility index (Phi) is 2.78. The number of carbonyl (C=O) groups excluding carboxylic acids is 1. The Balaban J connectivity index is 1.63. The van der Waals surface area contributed by atoms with E-state index in [0.717, 1.165) is 35.1 Å². The van der Waals surface area contributed by atoms with Gasteiger partial charge in [0.15, 0.2) is 0 Å². The summed E-state index contributed by atoms with van der Waals surface area (Å²) in [5.41, 5.74) is 5.58. The molecule has 5 nitrogen and oxygen atoms in total. The molecular formula is C15H14N4OS. The van der Waals surface area contributed by atoms with Gasteiger partial charge in [0.2, 0.25) is 5.95 Å². The maximum Gasteiger partial charge on any atom is 0.269 e. The first-order chi connectivity index (χ1) is 10.2. The fraction of sp³-hybridized carbons (Fsp3) is 0.267. The number of aryl methyl sites for hydroxylation is 1. The molecule has 1 amide bonds. The van der Waals surface area contributed by atoms with Crippen molar-refractivity contribution in [2.24, 2.45) is 0 Å². The minimum atomic E-state index is -0.129. The molecule has 106 valence electrons. The molecule has 4 rings (SSSR count). The van der Waals surface area contributed by atoms with Crippen LogP contribution in [0.15, 0.2) is 23.7 Å². The monoisotopic (exact) mass is 298 g/mol. The summed E-state index contributed by atoms with van der Waals surface area (Å²) < 4.78 is 0. The van der Waals surface area contributed by atoms with Crippen LogP contribution in [0.5, 0.6) is 0 Å². The second-order valence-corrected chi connectivity index (χ2v) is 6.21. The van der Waals surface area contributed by atoms with E-state index in [2.05, 4.69) is 20.3 Å². The highest BCUT2D eigenvalue weighted by Gasteiger charge is 2.30. The third-order valence-corrected chi connectivity index (χ3v) is 4.55. The van der Waals surface area contributed by atoms with Gasteiger partial charge in [0, 0.05) is 5.92 Å². The summed E-state index contributed by atoms with van der Waals surface area (Å²) in [5.74, 6) is 0.825. The molecule has 2 aromatic heterocycles. The summed E-state index contributed by atoms with van der Waals surface area (Å²) in [6.07, 6.45) is 2.27. The van der Waals surface area contributed by atoms with E-state index in [-0.39, 0.29) is 5.91 Å². The highest BCUT2D eigenvalue weighted by molar-refractivity contribution is 7.12. The number of rotatable bonds is 3. The van der Waals surface area contributed by atoms with Gasteiger partial charge in [-0.3, -0.25) is 10.1 Å². The Hall–Kier alpha value is -2.21. The highest BCUT2D eigenvalue weighted by atomic mass is 32.1. The summed E-state index contributed by atoms with van der Waals surface area (Å²) in [7, 11) is 0. The van der Waals surface area contributed by atoms with Gasteiger partial charge in [-0.25, -0.2) is 9.97 Å². The molecule has 0 bridgehead atoms. The molecule has 1 saturated carbocycles. The van der Waals surface area contributed by atoms with Crippen molar-refractivity contribution >= 4 is 34.2 Å². The summed E-state index contributed by atoms with van der Waals surface area (Å²) >= 11 is 1.39. The zero-order chi connectivity index (χ0) is 14.4. The van der Waals surface area contributed by atoms with Gasteiger partial charge in [-0.2, -0.15) is 0 Å². The molecular weight excluding hydrogens is 284 g/mol. The zero-order valence-electron chi connectivity index (χ0n) is 11.5. The first-order valence-electron chi connectivity index (χ1n) is 6.92. The Morgan fingerprint density at radius 3 is 3.05 bits per heavy atom. The fourth-order valence-electron chi connectivity index (χ4n) is 2.47. The number of nitrogens with zero attached hydrogens (tertiary/aromatic N) is 2.